The van der Waals surface area contributed by atoms with Crippen molar-refractivity contribution in [1.29, 1.82) is 0 Å². The summed E-state index contributed by atoms with van der Waals surface area (Å²) in [4.78, 5) is 6.56. The highest BCUT2D eigenvalue weighted by Gasteiger charge is 2.22. The summed E-state index contributed by atoms with van der Waals surface area (Å²) >= 11 is 0. The predicted octanol–water partition coefficient (Wildman–Crippen LogP) is 3.72. The number of rotatable bonds is 12. The topological polar surface area (TPSA) is 127 Å². The number of anilines is 1. The zero-order valence-electron chi connectivity index (χ0n) is 23.8. The van der Waals surface area contributed by atoms with Crippen molar-refractivity contribution in [2.45, 2.75) is 11.3 Å². The Balaban J connectivity index is 1.30. The predicted molar refractivity (Wildman–Crippen MR) is 159 cm³/mol. The van der Waals surface area contributed by atoms with Crippen LogP contribution in [0.5, 0.6) is 23.0 Å². The number of pyridine rings is 1. The van der Waals surface area contributed by atoms with E-state index >= 15 is 4.39 Å². The number of hydrogen-bond acceptors (Lipinski definition) is 9. The average molecular weight is 613 g/mol. The first-order valence-electron chi connectivity index (χ1n) is 13.7. The number of hydrogen-bond donors (Lipinski definition) is 2. The van der Waals surface area contributed by atoms with E-state index in [-0.39, 0.29) is 22.0 Å². The van der Waals surface area contributed by atoms with Crippen molar-refractivity contribution in [2.75, 3.05) is 58.3 Å². The van der Waals surface area contributed by atoms with Crippen LogP contribution in [0.25, 0.3) is 10.9 Å². The fraction of sp³-hybridized carbons (Fsp3) is 0.300. The fourth-order valence-corrected chi connectivity index (χ4v) is 6.06. The summed E-state index contributed by atoms with van der Waals surface area (Å²) in [5, 5.41) is 12.1. The number of nitrogens with zero attached hydrogens (tertiary/aromatic N) is 2. The lowest BCUT2D eigenvalue weighted by Gasteiger charge is -2.26. The number of nitrogens with one attached hydrogen (secondary N) is 2. The number of morpholine rings is 1. The van der Waals surface area contributed by atoms with Gasteiger partial charge in [-0.15, -0.1) is 0 Å². The fourth-order valence-electron chi connectivity index (χ4n) is 4.75. The summed E-state index contributed by atoms with van der Waals surface area (Å²) in [6.07, 6.45) is 2.38. The maximum absolute atomic E-state index is 15.2. The SMILES string of the molecule is COc1cc2c(Oc3ccc(NS(=O)(=O)c4ccccc4[NH+](C)[O-])cc3F)ccnc2cc1OCCCN1CCOCC1. The molecule has 1 unspecified atom stereocenters. The number of halogens is 1. The zero-order chi connectivity index (χ0) is 30.4. The van der Waals surface area contributed by atoms with Crippen LogP contribution in [0.2, 0.25) is 0 Å². The van der Waals surface area contributed by atoms with Crippen LogP contribution in [0, 0.1) is 11.0 Å². The number of fused-ring (bicyclic) bond motifs is 1. The van der Waals surface area contributed by atoms with Gasteiger partial charge in [-0.25, -0.2) is 12.8 Å². The molecule has 1 aliphatic rings. The van der Waals surface area contributed by atoms with E-state index in [2.05, 4.69) is 14.6 Å². The van der Waals surface area contributed by atoms with E-state index in [1.165, 1.54) is 44.5 Å². The van der Waals surface area contributed by atoms with Gasteiger partial charge in [0, 0.05) is 49.4 Å². The van der Waals surface area contributed by atoms with Gasteiger partial charge in [0.25, 0.3) is 10.0 Å². The van der Waals surface area contributed by atoms with Crippen LogP contribution in [-0.2, 0) is 14.8 Å². The van der Waals surface area contributed by atoms with Crippen molar-refractivity contribution in [3.63, 3.8) is 0 Å². The molecule has 1 aliphatic heterocycles. The smallest absolute Gasteiger partial charge is 0.267 e. The van der Waals surface area contributed by atoms with Crippen molar-refractivity contribution in [1.82, 2.24) is 9.88 Å². The van der Waals surface area contributed by atoms with Crippen LogP contribution in [-0.4, -0.2) is 71.9 Å². The molecule has 0 radical (unpaired) electrons. The molecule has 1 fully saturated rings. The molecule has 1 saturated heterocycles. The van der Waals surface area contributed by atoms with Gasteiger partial charge in [-0.2, -0.15) is 0 Å². The van der Waals surface area contributed by atoms with Crippen LogP contribution < -0.4 is 24.0 Å². The monoisotopic (exact) mass is 612 g/mol. The van der Waals surface area contributed by atoms with Crippen LogP contribution >= 0.6 is 0 Å². The molecule has 0 bridgehead atoms. The van der Waals surface area contributed by atoms with Gasteiger partial charge in [-0.3, -0.25) is 14.6 Å². The molecule has 0 amide bonds. The number of hydroxylamine groups is 1. The van der Waals surface area contributed by atoms with E-state index in [0.29, 0.717) is 34.8 Å². The second kappa shape index (κ2) is 13.5. The quantitative estimate of drug-likeness (QED) is 0.182. The van der Waals surface area contributed by atoms with Crippen LogP contribution in [0.15, 0.2) is 71.8 Å². The number of methoxy groups -OCH3 is 1. The maximum atomic E-state index is 15.2. The van der Waals surface area contributed by atoms with Gasteiger partial charge >= 0.3 is 0 Å². The molecule has 4 aromatic rings. The molecule has 1 atom stereocenters. The van der Waals surface area contributed by atoms with Crippen LogP contribution in [0.1, 0.15) is 6.42 Å². The van der Waals surface area contributed by atoms with Gasteiger partial charge in [0.15, 0.2) is 28.8 Å². The molecule has 11 nitrogen and oxygen atoms in total. The summed E-state index contributed by atoms with van der Waals surface area (Å²) in [6, 6.07) is 14.6. The molecule has 228 valence electrons. The molecule has 0 aliphatic carbocycles. The van der Waals surface area contributed by atoms with E-state index in [0.717, 1.165) is 45.3 Å². The van der Waals surface area contributed by atoms with Crippen LogP contribution in [0.3, 0.4) is 0 Å². The molecule has 2 heterocycles. The molecule has 0 saturated carbocycles. The molecule has 13 heteroatoms. The van der Waals surface area contributed by atoms with Gasteiger partial charge in [0.1, 0.15) is 10.6 Å². The Kier molecular flexibility index (Phi) is 9.58. The first kappa shape index (κ1) is 30.4. The zero-order valence-corrected chi connectivity index (χ0v) is 24.7. The summed E-state index contributed by atoms with van der Waals surface area (Å²) < 4.78 is 66.2. The standard InChI is InChI=1S/C30H33FN4O7S/c1-34(36)25-6-3-4-7-30(25)43(37,38)33-21-8-9-27(23(31)18-21)42-26-10-11-32-24-20-29(28(39-2)19-22(24)26)41-15-5-12-35-13-16-40-17-14-35/h3-4,6-11,18-20,33-34H,5,12-17H2,1-2H3. The molecule has 3 aromatic carbocycles. The summed E-state index contributed by atoms with van der Waals surface area (Å²) in [6.45, 7) is 4.74. The summed E-state index contributed by atoms with van der Waals surface area (Å²) in [7, 11) is -1.34. The third-order valence-electron chi connectivity index (χ3n) is 6.93. The minimum Gasteiger partial charge on any atom is -0.629 e. The summed E-state index contributed by atoms with van der Waals surface area (Å²) in [5.41, 5.74) is 0.576. The van der Waals surface area contributed by atoms with Gasteiger partial charge < -0.3 is 29.2 Å². The molecule has 0 spiro atoms. The summed E-state index contributed by atoms with van der Waals surface area (Å²) in [5.74, 6) is 0.424. The van der Waals surface area contributed by atoms with Gasteiger partial charge in [0.2, 0.25) is 0 Å². The Morgan fingerprint density at radius 3 is 2.58 bits per heavy atom. The lowest BCUT2D eigenvalue weighted by molar-refractivity contribution is -0.753. The van der Waals surface area contributed by atoms with Crippen molar-refractivity contribution in [3.8, 4) is 23.0 Å². The Hall–Kier alpha value is -4.01. The van der Waals surface area contributed by atoms with E-state index in [1.54, 1.807) is 30.5 Å². The molecular formula is C30H33FN4O7S. The Labute approximate surface area is 249 Å². The van der Waals surface area contributed by atoms with E-state index in [1.807, 2.05) is 0 Å². The highest BCUT2D eigenvalue weighted by Crippen LogP contribution is 2.38. The first-order chi connectivity index (χ1) is 20.7. The largest absolute Gasteiger partial charge is 0.629 e. The van der Waals surface area contributed by atoms with Crippen molar-refractivity contribution >= 4 is 32.3 Å². The molecule has 2 N–H and O–H groups in total. The van der Waals surface area contributed by atoms with Gasteiger partial charge in [0.05, 0.1) is 45.2 Å². The van der Waals surface area contributed by atoms with E-state index in [9.17, 15) is 13.6 Å². The highest BCUT2D eigenvalue weighted by atomic mass is 32.2. The van der Waals surface area contributed by atoms with E-state index in [4.69, 9.17) is 18.9 Å². The van der Waals surface area contributed by atoms with Crippen LogP contribution in [0.4, 0.5) is 15.8 Å². The van der Waals surface area contributed by atoms with Crippen molar-refractivity contribution in [2.24, 2.45) is 0 Å². The lowest BCUT2D eigenvalue weighted by Crippen LogP contribution is -2.98. The van der Waals surface area contributed by atoms with Gasteiger partial charge in [-0.1, -0.05) is 12.1 Å². The highest BCUT2D eigenvalue weighted by molar-refractivity contribution is 7.92. The number of benzene rings is 3. The van der Waals surface area contributed by atoms with Crippen molar-refractivity contribution < 1.29 is 36.8 Å². The number of aromatic nitrogens is 1. The normalized spacial score (nSPS) is 14.8. The molecule has 1 aromatic heterocycles. The number of ether oxygens (including phenoxy) is 4. The van der Waals surface area contributed by atoms with Gasteiger partial charge in [-0.05, 0) is 36.8 Å². The Morgan fingerprint density at radius 1 is 1.05 bits per heavy atom. The maximum Gasteiger partial charge on any atom is 0.267 e. The number of quaternary nitrogens is 1. The minimum atomic E-state index is -4.15. The Morgan fingerprint density at radius 2 is 1.84 bits per heavy atom. The first-order valence-corrected chi connectivity index (χ1v) is 15.2. The average Bonchev–Trinajstić information content (AvgIpc) is 3.00. The second-order valence-electron chi connectivity index (χ2n) is 9.89. The third kappa shape index (κ3) is 7.32. The Bertz CT molecular complexity index is 1680. The van der Waals surface area contributed by atoms with Crippen molar-refractivity contribution in [3.05, 3.63) is 77.9 Å². The minimum absolute atomic E-state index is 0.0279. The lowest BCUT2D eigenvalue weighted by atomic mass is 10.1. The molecule has 5 rings (SSSR count). The molecular weight excluding hydrogens is 579 g/mol. The number of para-hydroxylation sites is 1. The van der Waals surface area contributed by atoms with E-state index < -0.39 is 20.9 Å². The number of sulfonamides is 1. The third-order valence-corrected chi connectivity index (χ3v) is 8.37. The second-order valence-corrected chi connectivity index (χ2v) is 11.5. The molecule has 43 heavy (non-hydrogen) atoms.